The number of rotatable bonds is 4. The number of aromatic nitrogens is 2. The zero-order valence-corrected chi connectivity index (χ0v) is 11.9. The molecule has 1 fully saturated rings. The lowest BCUT2D eigenvalue weighted by Crippen LogP contribution is -2.20. The van der Waals surface area contributed by atoms with E-state index in [4.69, 9.17) is 9.15 Å². The normalized spacial score (nSPS) is 19.4. The van der Waals surface area contributed by atoms with Gasteiger partial charge >= 0.3 is 0 Å². The number of nitrogens with zero attached hydrogens (tertiary/aromatic N) is 3. The molecule has 1 unspecified atom stereocenters. The molecule has 1 aromatic carbocycles. The standard InChI is InChI=1S/C15H19N3O2/c1-11-16-17-15(20-11)13-7-8-18(10-13)9-12-5-3-4-6-14(12)19-2/h3-6,13H,7-10H2,1-2H3. The molecular weight excluding hydrogens is 254 g/mol. The molecule has 5 heteroatoms. The number of para-hydroxylation sites is 1. The van der Waals surface area contributed by atoms with Gasteiger partial charge in [-0.3, -0.25) is 4.90 Å². The summed E-state index contributed by atoms with van der Waals surface area (Å²) in [6.07, 6.45) is 1.07. The number of methoxy groups -OCH3 is 1. The second-order valence-corrected chi connectivity index (χ2v) is 5.19. The summed E-state index contributed by atoms with van der Waals surface area (Å²) in [6.45, 7) is 4.73. The largest absolute Gasteiger partial charge is 0.496 e. The molecule has 0 aliphatic carbocycles. The first-order chi connectivity index (χ1) is 9.76. The fourth-order valence-corrected chi connectivity index (χ4v) is 2.73. The van der Waals surface area contributed by atoms with Crippen LogP contribution in [0, 0.1) is 6.92 Å². The monoisotopic (exact) mass is 273 g/mol. The second-order valence-electron chi connectivity index (χ2n) is 5.19. The van der Waals surface area contributed by atoms with Crippen molar-refractivity contribution in [2.24, 2.45) is 0 Å². The van der Waals surface area contributed by atoms with Crippen LogP contribution in [0.5, 0.6) is 5.75 Å². The van der Waals surface area contributed by atoms with Gasteiger partial charge in [0.1, 0.15) is 5.75 Å². The van der Waals surface area contributed by atoms with Crippen molar-refractivity contribution in [3.63, 3.8) is 0 Å². The summed E-state index contributed by atoms with van der Waals surface area (Å²) < 4.78 is 10.9. The smallest absolute Gasteiger partial charge is 0.220 e. The van der Waals surface area contributed by atoms with Crippen molar-refractivity contribution in [3.05, 3.63) is 41.6 Å². The van der Waals surface area contributed by atoms with E-state index in [1.54, 1.807) is 7.11 Å². The van der Waals surface area contributed by atoms with Crippen LogP contribution >= 0.6 is 0 Å². The number of ether oxygens (including phenoxy) is 1. The Kier molecular flexibility index (Phi) is 3.69. The lowest BCUT2D eigenvalue weighted by Gasteiger charge is -2.17. The maximum atomic E-state index is 5.54. The Bertz CT molecular complexity index is 582. The maximum absolute atomic E-state index is 5.54. The molecule has 0 spiro atoms. The molecule has 0 bridgehead atoms. The number of hydrogen-bond donors (Lipinski definition) is 0. The van der Waals surface area contributed by atoms with Gasteiger partial charge in [0.15, 0.2) is 0 Å². The Morgan fingerprint density at radius 1 is 1.35 bits per heavy atom. The molecule has 0 saturated carbocycles. The van der Waals surface area contributed by atoms with Crippen molar-refractivity contribution in [2.75, 3.05) is 20.2 Å². The van der Waals surface area contributed by atoms with Crippen molar-refractivity contribution in [1.29, 1.82) is 0 Å². The molecule has 1 atom stereocenters. The van der Waals surface area contributed by atoms with E-state index in [1.807, 2.05) is 25.1 Å². The molecule has 1 saturated heterocycles. The van der Waals surface area contributed by atoms with Crippen molar-refractivity contribution in [1.82, 2.24) is 15.1 Å². The summed E-state index contributed by atoms with van der Waals surface area (Å²) in [5.74, 6) is 2.71. The maximum Gasteiger partial charge on any atom is 0.220 e. The Labute approximate surface area is 118 Å². The Morgan fingerprint density at radius 3 is 2.95 bits per heavy atom. The van der Waals surface area contributed by atoms with E-state index < -0.39 is 0 Å². The van der Waals surface area contributed by atoms with Crippen LogP contribution in [0.2, 0.25) is 0 Å². The lowest BCUT2D eigenvalue weighted by molar-refractivity contribution is 0.310. The zero-order valence-electron chi connectivity index (χ0n) is 11.9. The third-order valence-corrected chi connectivity index (χ3v) is 3.75. The van der Waals surface area contributed by atoms with Crippen LogP contribution < -0.4 is 4.74 Å². The van der Waals surface area contributed by atoms with Gasteiger partial charge in [0, 0.05) is 25.6 Å². The van der Waals surface area contributed by atoms with E-state index in [-0.39, 0.29) is 0 Å². The molecule has 1 aliphatic rings. The van der Waals surface area contributed by atoms with Gasteiger partial charge in [0.25, 0.3) is 0 Å². The first-order valence-corrected chi connectivity index (χ1v) is 6.90. The first-order valence-electron chi connectivity index (χ1n) is 6.90. The van der Waals surface area contributed by atoms with Crippen LogP contribution in [-0.2, 0) is 6.54 Å². The van der Waals surface area contributed by atoms with Crippen molar-refractivity contribution >= 4 is 0 Å². The molecule has 106 valence electrons. The highest BCUT2D eigenvalue weighted by Gasteiger charge is 2.28. The van der Waals surface area contributed by atoms with Crippen molar-refractivity contribution in [3.8, 4) is 5.75 Å². The zero-order chi connectivity index (χ0) is 13.9. The fraction of sp³-hybridized carbons (Fsp3) is 0.467. The molecule has 3 rings (SSSR count). The molecule has 0 radical (unpaired) electrons. The van der Waals surface area contributed by atoms with Crippen molar-refractivity contribution in [2.45, 2.75) is 25.8 Å². The lowest BCUT2D eigenvalue weighted by atomic mass is 10.1. The van der Waals surface area contributed by atoms with Gasteiger partial charge in [-0.15, -0.1) is 10.2 Å². The summed E-state index contributed by atoms with van der Waals surface area (Å²) in [5, 5.41) is 8.05. The molecule has 0 N–H and O–H groups in total. The highest BCUT2D eigenvalue weighted by molar-refractivity contribution is 5.33. The summed E-state index contributed by atoms with van der Waals surface area (Å²) in [4.78, 5) is 2.40. The van der Waals surface area contributed by atoms with Crippen LogP contribution in [-0.4, -0.2) is 35.3 Å². The van der Waals surface area contributed by atoms with Crippen LogP contribution in [0.1, 0.15) is 29.7 Å². The number of aryl methyl sites for hydroxylation is 1. The van der Waals surface area contributed by atoms with E-state index in [1.165, 1.54) is 5.56 Å². The summed E-state index contributed by atoms with van der Waals surface area (Å²) in [7, 11) is 1.72. The minimum absolute atomic E-state index is 0.353. The van der Waals surface area contributed by atoms with Crippen LogP contribution in [0.3, 0.4) is 0 Å². The number of hydrogen-bond acceptors (Lipinski definition) is 5. The van der Waals surface area contributed by atoms with Gasteiger partial charge in [-0.2, -0.15) is 0 Å². The molecular formula is C15H19N3O2. The average molecular weight is 273 g/mol. The fourth-order valence-electron chi connectivity index (χ4n) is 2.73. The van der Waals surface area contributed by atoms with Gasteiger partial charge in [-0.25, -0.2) is 0 Å². The number of benzene rings is 1. The topological polar surface area (TPSA) is 51.4 Å². The van der Waals surface area contributed by atoms with Crippen LogP contribution in [0.25, 0.3) is 0 Å². The van der Waals surface area contributed by atoms with E-state index >= 15 is 0 Å². The average Bonchev–Trinajstić information content (AvgIpc) is 3.08. The highest BCUT2D eigenvalue weighted by Crippen LogP contribution is 2.28. The molecule has 1 aliphatic heterocycles. The third kappa shape index (κ3) is 2.67. The summed E-state index contributed by atoms with van der Waals surface area (Å²) in [6, 6.07) is 8.16. The van der Waals surface area contributed by atoms with Gasteiger partial charge in [-0.1, -0.05) is 18.2 Å². The quantitative estimate of drug-likeness (QED) is 0.856. The predicted octanol–water partition coefficient (Wildman–Crippen LogP) is 2.38. The predicted molar refractivity (Wildman–Crippen MR) is 74.7 cm³/mol. The third-order valence-electron chi connectivity index (χ3n) is 3.75. The number of likely N-dealkylation sites (tertiary alicyclic amines) is 1. The van der Waals surface area contributed by atoms with E-state index in [9.17, 15) is 0 Å². The molecule has 2 heterocycles. The Hall–Kier alpha value is -1.88. The first kappa shape index (κ1) is 13.1. The Balaban J connectivity index is 1.66. The second kappa shape index (κ2) is 5.63. The summed E-state index contributed by atoms with van der Waals surface area (Å²) >= 11 is 0. The van der Waals surface area contributed by atoms with E-state index in [0.29, 0.717) is 11.8 Å². The van der Waals surface area contributed by atoms with Crippen LogP contribution in [0.4, 0.5) is 0 Å². The summed E-state index contributed by atoms with van der Waals surface area (Å²) in [5.41, 5.74) is 1.22. The van der Waals surface area contributed by atoms with Gasteiger partial charge < -0.3 is 9.15 Å². The SMILES string of the molecule is COc1ccccc1CN1CCC(c2nnc(C)o2)C1. The molecule has 1 aromatic heterocycles. The molecule has 20 heavy (non-hydrogen) atoms. The van der Waals surface area contributed by atoms with Crippen LogP contribution in [0.15, 0.2) is 28.7 Å². The minimum atomic E-state index is 0.353. The molecule has 0 amide bonds. The Morgan fingerprint density at radius 2 is 2.20 bits per heavy atom. The highest BCUT2D eigenvalue weighted by atomic mass is 16.5. The minimum Gasteiger partial charge on any atom is -0.496 e. The van der Waals surface area contributed by atoms with Gasteiger partial charge in [0.2, 0.25) is 11.8 Å². The van der Waals surface area contributed by atoms with Gasteiger partial charge in [-0.05, 0) is 19.0 Å². The molecule has 5 nitrogen and oxygen atoms in total. The van der Waals surface area contributed by atoms with Gasteiger partial charge in [0.05, 0.1) is 13.0 Å². The van der Waals surface area contributed by atoms with Crippen molar-refractivity contribution < 1.29 is 9.15 Å². The van der Waals surface area contributed by atoms with E-state index in [2.05, 4.69) is 21.2 Å². The van der Waals surface area contributed by atoms with E-state index in [0.717, 1.165) is 37.7 Å². The molecule has 2 aromatic rings.